The number of hydrogen-bond acceptors (Lipinski definition) is 8. The number of aliphatic hydroxyl groups is 2. The van der Waals surface area contributed by atoms with E-state index in [0.29, 0.717) is 27.5 Å². The van der Waals surface area contributed by atoms with Crippen LogP contribution in [0.25, 0.3) is 44.3 Å². The number of rotatable bonds is 2. The molecule has 4 heterocycles. The van der Waals surface area contributed by atoms with E-state index in [0.717, 1.165) is 0 Å². The van der Waals surface area contributed by atoms with Crippen molar-refractivity contribution < 1.29 is 39.6 Å². The molecule has 0 aliphatic heterocycles. The number of fused-ring (bicyclic) bond motifs is 4. The SMILES string of the molecule is [CH2-]c1cc2c([nH]1)C(C)=C(O)C(=O)/C2=C1\C(=O)C(O)=C(c2c(O)c(O)c(C3=c4cc[nH]c4=C(C)C(=O)C3=O)c3cc([CH2-])[nH]c23)c2[nH]c([CH2-])cc21. The quantitative estimate of drug-likeness (QED) is 0.0611. The van der Waals surface area contributed by atoms with Crippen LogP contribution in [0.5, 0.6) is 11.5 Å². The van der Waals surface area contributed by atoms with E-state index in [2.05, 4.69) is 40.7 Å². The molecule has 0 saturated carbocycles. The molecule has 0 atom stereocenters. The topological polar surface area (TPSA) is 212 Å². The number of phenolic OH excluding ortho intramolecular Hbond substituents is 2. The van der Waals surface area contributed by atoms with E-state index < -0.39 is 46.2 Å². The molecule has 0 radical (unpaired) electrons. The van der Waals surface area contributed by atoms with Gasteiger partial charge in [0.1, 0.15) is 0 Å². The number of aromatic nitrogens is 4. The molecule has 12 nitrogen and oxygen atoms in total. The van der Waals surface area contributed by atoms with Crippen molar-refractivity contribution in [3.05, 3.63) is 124 Å². The van der Waals surface area contributed by atoms with Crippen LogP contribution in [-0.4, -0.2) is 63.5 Å². The molecule has 0 amide bonds. The summed E-state index contributed by atoms with van der Waals surface area (Å²) in [7, 11) is 0. The predicted octanol–water partition coefficient (Wildman–Crippen LogP) is 3.31. The van der Waals surface area contributed by atoms with Crippen molar-refractivity contribution in [2.24, 2.45) is 0 Å². The first-order chi connectivity index (χ1) is 23.2. The maximum atomic E-state index is 14.3. The minimum absolute atomic E-state index is 0.0637. The molecule has 5 aromatic rings. The minimum Gasteiger partial charge on any atom is -0.504 e. The molecule has 49 heavy (non-hydrogen) atoms. The van der Waals surface area contributed by atoms with Gasteiger partial charge in [0.25, 0.3) is 0 Å². The fraction of sp³-hybridized carbons (Fsp3) is 0.0541. The second-order valence-corrected chi connectivity index (χ2v) is 12.2. The van der Waals surface area contributed by atoms with Gasteiger partial charge < -0.3 is 40.4 Å². The summed E-state index contributed by atoms with van der Waals surface area (Å²) >= 11 is 0. The van der Waals surface area contributed by atoms with Gasteiger partial charge in [-0.2, -0.15) is 18.2 Å². The van der Waals surface area contributed by atoms with Crippen molar-refractivity contribution in [3.8, 4) is 11.5 Å². The van der Waals surface area contributed by atoms with Crippen molar-refractivity contribution in [1.82, 2.24) is 19.9 Å². The molecule has 0 saturated heterocycles. The Balaban J connectivity index is 1.46. The van der Waals surface area contributed by atoms with Gasteiger partial charge >= 0.3 is 0 Å². The number of Topliss-reactive ketones (excluding diaryl/α,β-unsaturated/α-hetero) is 4. The highest BCUT2D eigenvalue weighted by Crippen LogP contribution is 2.52. The molecule has 1 aromatic carbocycles. The van der Waals surface area contributed by atoms with E-state index in [-0.39, 0.29) is 78.1 Å². The Morgan fingerprint density at radius 1 is 0.592 bits per heavy atom. The number of allylic oxidation sites excluding steroid dienone is 3. The maximum Gasteiger partial charge on any atom is 0.234 e. The average molecular weight is 654 g/mol. The summed E-state index contributed by atoms with van der Waals surface area (Å²) < 4.78 is 0. The standard InChI is InChI=1S/C37H25N4O8/c1-11-8-17-21(33(45)31(43)15(5)27(17)39-11)23-19-10-13(3)41-29(19)25(37(49)35(23)47)24-28-18(9-12(2)40-28)22(34(46)36(24)48)20-16-6-7-38-26(16)14(4)30(42)32(20)44/h6-10,38-41,43,46,48-49H,1-3H2,4-5H3/q-3/b23-21-. The number of aromatic amines is 4. The third-order valence-corrected chi connectivity index (χ3v) is 9.39. The lowest BCUT2D eigenvalue weighted by Gasteiger charge is -2.27. The summed E-state index contributed by atoms with van der Waals surface area (Å²) in [6.45, 7) is 14.8. The molecular formula is C37H25N4O8-3. The second kappa shape index (κ2) is 9.55. The average Bonchev–Trinajstić information content (AvgIpc) is 3.86. The van der Waals surface area contributed by atoms with Crippen LogP contribution in [0.1, 0.15) is 64.6 Å². The molecule has 0 spiro atoms. The van der Waals surface area contributed by atoms with Crippen LogP contribution in [0.4, 0.5) is 0 Å². The molecule has 0 bridgehead atoms. The first kappa shape index (κ1) is 29.5. The number of benzene rings is 1. The molecule has 4 aromatic heterocycles. The van der Waals surface area contributed by atoms with E-state index in [4.69, 9.17) is 0 Å². The highest BCUT2D eigenvalue weighted by Gasteiger charge is 2.40. The number of hydrogen-bond donors (Lipinski definition) is 8. The monoisotopic (exact) mass is 653 g/mol. The lowest BCUT2D eigenvalue weighted by molar-refractivity contribution is -0.130. The molecular weight excluding hydrogens is 628 g/mol. The summed E-state index contributed by atoms with van der Waals surface area (Å²) in [5, 5.41) is 46.8. The van der Waals surface area contributed by atoms with Gasteiger partial charge in [-0.05, 0) is 19.9 Å². The zero-order chi connectivity index (χ0) is 35.0. The van der Waals surface area contributed by atoms with Gasteiger partial charge in [0.2, 0.25) is 23.1 Å². The molecule has 0 fully saturated rings. The van der Waals surface area contributed by atoms with E-state index in [1.54, 1.807) is 25.3 Å². The molecule has 12 heteroatoms. The smallest absolute Gasteiger partial charge is 0.234 e. The van der Waals surface area contributed by atoms with Gasteiger partial charge in [0.15, 0.2) is 23.0 Å². The van der Waals surface area contributed by atoms with Gasteiger partial charge in [-0.3, -0.25) is 19.2 Å². The van der Waals surface area contributed by atoms with Crippen molar-refractivity contribution in [2.75, 3.05) is 0 Å². The third kappa shape index (κ3) is 3.64. The lowest BCUT2D eigenvalue weighted by atomic mass is 9.78. The van der Waals surface area contributed by atoms with Crippen LogP contribution in [0.2, 0.25) is 0 Å². The largest absolute Gasteiger partial charge is 0.504 e. The number of carbonyl (C=O) groups excluding carboxylic acids is 4. The molecule has 3 aliphatic carbocycles. The second-order valence-electron chi connectivity index (χ2n) is 12.2. The Labute approximate surface area is 276 Å². The van der Waals surface area contributed by atoms with Crippen LogP contribution in [0.3, 0.4) is 0 Å². The summed E-state index contributed by atoms with van der Waals surface area (Å²) in [5.74, 6) is -6.67. The highest BCUT2D eigenvalue weighted by atomic mass is 16.3. The first-order valence-corrected chi connectivity index (χ1v) is 14.9. The van der Waals surface area contributed by atoms with E-state index in [1.165, 1.54) is 19.1 Å². The molecule has 3 aliphatic rings. The zero-order valence-corrected chi connectivity index (χ0v) is 25.9. The molecule has 8 N–H and O–H groups in total. The summed E-state index contributed by atoms with van der Waals surface area (Å²) in [5.41, 5.74) is 1.12. The Morgan fingerprint density at radius 3 is 1.84 bits per heavy atom. The van der Waals surface area contributed by atoms with Crippen LogP contribution in [0, 0.1) is 20.8 Å². The van der Waals surface area contributed by atoms with Gasteiger partial charge in [0, 0.05) is 61.7 Å². The summed E-state index contributed by atoms with van der Waals surface area (Å²) in [6, 6.07) is 6.10. The minimum atomic E-state index is -1.02. The van der Waals surface area contributed by atoms with E-state index in [9.17, 15) is 39.6 Å². The molecule has 8 rings (SSSR count). The number of aliphatic hydroxyl groups excluding tert-OH is 2. The Bertz CT molecular complexity index is 2710. The van der Waals surface area contributed by atoms with Crippen LogP contribution >= 0.6 is 0 Å². The number of nitrogens with one attached hydrogen (secondary N) is 4. The van der Waals surface area contributed by atoms with Gasteiger partial charge in [0.05, 0.1) is 16.5 Å². The zero-order valence-electron chi connectivity index (χ0n) is 25.9. The van der Waals surface area contributed by atoms with E-state index >= 15 is 0 Å². The van der Waals surface area contributed by atoms with Crippen molar-refractivity contribution in [3.63, 3.8) is 0 Å². The normalized spacial score (nSPS) is 17.8. The fourth-order valence-electron chi connectivity index (χ4n) is 7.19. The maximum absolute atomic E-state index is 14.3. The Hall–Kier alpha value is -6.95. The number of carbonyl (C=O) groups is 4. The van der Waals surface area contributed by atoms with E-state index in [1.807, 2.05) is 0 Å². The predicted molar refractivity (Wildman–Crippen MR) is 179 cm³/mol. The van der Waals surface area contributed by atoms with Crippen molar-refractivity contribution >= 4 is 67.5 Å². The number of H-pyrrole nitrogens is 4. The van der Waals surface area contributed by atoms with Gasteiger partial charge in [-0.15, -0.1) is 17.1 Å². The number of phenols is 2. The Kier molecular flexibility index (Phi) is 5.74. The first-order valence-electron chi connectivity index (χ1n) is 14.9. The Morgan fingerprint density at radius 2 is 1.16 bits per heavy atom. The van der Waals surface area contributed by atoms with Crippen molar-refractivity contribution in [1.29, 1.82) is 0 Å². The molecule has 0 unspecified atom stereocenters. The summed E-state index contributed by atoms with van der Waals surface area (Å²) in [4.78, 5) is 66.3. The highest BCUT2D eigenvalue weighted by molar-refractivity contribution is 6.64. The van der Waals surface area contributed by atoms with Gasteiger partial charge in [-0.1, -0.05) is 16.5 Å². The van der Waals surface area contributed by atoms with Crippen LogP contribution < -0.4 is 10.6 Å². The number of aromatic hydroxyl groups is 2. The fourth-order valence-corrected chi connectivity index (χ4v) is 7.19. The van der Waals surface area contributed by atoms with Crippen LogP contribution in [0.15, 0.2) is 42.0 Å². The third-order valence-electron chi connectivity index (χ3n) is 9.39. The summed E-state index contributed by atoms with van der Waals surface area (Å²) in [6.07, 6.45) is 1.54. The van der Waals surface area contributed by atoms with Crippen molar-refractivity contribution in [2.45, 2.75) is 13.8 Å². The lowest BCUT2D eigenvalue weighted by Crippen LogP contribution is -2.39. The van der Waals surface area contributed by atoms with Gasteiger partial charge in [-0.25, -0.2) is 20.8 Å². The molecule has 244 valence electrons. The number of ketones is 4. The van der Waals surface area contributed by atoms with Crippen LogP contribution in [-0.2, 0) is 19.2 Å².